The average Bonchev–Trinajstić information content (AvgIpc) is 2.27. The highest BCUT2D eigenvalue weighted by Crippen LogP contribution is 2.37. The Morgan fingerprint density at radius 1 is 1.44 bits per heavy atom. The second kappa shape index (κ2) is 6.69. The van der Waals surface area contributed by atoms with Gasteiger partial charge in [-0.1, -0.05) is 35.0 Å². The van der Waals surface area contributed by atoms with E-state index in [2.05, 4.69) is 52.4 Å². The Morgan fingerprint density at radius 2 is 2.22 bits per heavy atom. The average molecular weight is 312 g/mol. The number of hydrogen-bond donors (Lipinski definition) is 2. The largest absolute Gasteiger partial charge is 0.396 e. The lowest BCUT2D eigenvalue weighted by atomic mass is 9.76. The summed E-state index contributed by atoms with van der Waals surface area (Å²) in [7, 11) is 0. The quantitative estimate of drug-likeness (QED) is 0.845. The van der Waals surface area contributed by atoms with Crippen LogP contribution in [0, 0.1) is 5.92 Å². The Kier molecular flexibility index (Phi) is 5.22. The maximum Gasteiger partial charge on any atom is 0.0434 e. The second-order valence-electron chi connectivity index (χ2n) is 5.45. The molecule has 100 valence electrons. The molecule has 1 aromatic carbocycles. The Bertz CT molecular complexity index is 377. The molecule has 1 aliphatic carbocycles. The normalized spacial score (nSPS) is 24.6. The highest BCUT2D eigenvalue weighted by atomic mass is 79.9. The van der Waals surface area contributed by atoms with Crippen LogP contribution in [0.3, 0.4) is 0 Å². The molecular formula is C15H22BrNO. The van der Waals surface area contributed by atoms with Crippen molar-refractivity contribution in [3.8, 4) is 0 Å². The van der Waals surface area contributed by atoms with Gasteiger partial charge in [0.2, 0.25) is 0 Å². The molecule has 0 aliphatic heterocycles. The maximum atomic E-state index is 8.86. The van der Waals surface area contributed by atoms with Crippen LogP contribution >= 0.6 is 15.9 Å². The molecule has 2 rings (SSSR count). The fraction of sp³-hybridized carbons (Fsp3) is 0.600. The molecule has 0 amide bonds. The van der Waals surface area contributed by atoms with Crippen LogP contribution in [0.25, 0.3) is 0 Å². The molecule has 0 heterocycles. The molecule has 1 atom stereocenters. The van der Waals surface area contributed by atoms with E-state index in [1.54, 1.807) is 0 Å². The van der Waals surface area contributed by atoms with E-state index in [9.17, 15) is 0 Å². The maximum absolute atomic E-state index is 8.86. The molecule has 0 bridgehead atoms. The molecule has 0 spiro atoms. The van der Waals surface area contributed by atoms with Crippen molar-refractivity contribution >= 4 is 15.9 Å². The van der Waals surface area contributed by atoms with Crippen molar-refractivity contribution in [3.05, 3.63) is 34.3 Å². The molecule has 1 saturated carbocycles. The molecule has 3 heteroatoms. The Hall–Kier alpha value is -0.380. The number of rotatable bonds is 6. The predicted molar refractivity (Wildman–Crippen MR) is 78.8 cm³/mol. The fourth-order valence-electron chi connectivity index (χ4n) is 2.51. The molecule has 0 radical (unpaired) electrons. The Balaban J connectivity index is 1.71. The lowest BCUT2D eigenvalue weighted by Gasteiger charge is -2.37. The summed E-state index contributed by atoms with van der Waals surface area (Å²) in [4.78, 5) is 0. The van der Waals surface area contributed by atoms with E-state index < -0.39 is 0 Å². The summed E-state index contributed by atoms with van der Waals surface area (Å²) in [5.41, 5.74) is 1.45. The Morgan fingerprint density at radius 3 is 2.89 bits per heavy atom. The molecule has 1 aromatic rings. The number of aliphatic hydroxyl groups excluding tert-OH is 1. The van der Waals surface area contributed by atoms with Gasteiger partial charge in [0, 0.05) is 17.1 Å². The molecule has 0 aromatic heterocycles. The molecule has 1 unspecified atom stereocenters. The summed E-state index contributed by atoms with van der Waals surface area (Å²) in [5, 5.41) is 12.5. The summed E-state index contributed by atoms with van der Waals surface area (Å²) in [6.07, 6.45) is 3.37. The first kappa shape index (κ1) is 14.0. The third-order valence-electron chi connectivity index (χ3n) is 3.84. The third-order valence-corrected chi connectivity index (χ3v) is 4.33. The minimum Gasteiger partial charge on any atom is -0.396 e. The van der Waals surface area contributed by atoms with Crippen LogP contribution in [0.2, 0.25) is 0 Å². The van der Waals surface area contributed by atoms with E-state index in [-0.39, 0.29) is 0 Å². The zero-order valence-electron chi connectivity index (χ0n) is 10.9. The standard InChI is InChI=1S/C15H22BrNO/c1-11(5-6-18)10-17-15-8-13(9-15)12-3-2-4-14(16)7-12/h2-4,7,11,13,15,17-18H,5-6,8-10H2,1H3. The van der Waals surface area contributed by atoms with Crippen molar-refractivity contribution in [1.29, 1.82) is 0 Å². The smallest absolute Gasteiger partial charge is 0.0434 e. The van der Waals surface area contributed by atoms with E-state index in [4.69, 9.17) is 5.11 Å². The first-order valence-corrected chi connectivity index (χ1v) is 7.58. The van der Waals surface area contributed by atoms with Gasteiger partial charge < -0.3 is 10.4 Å². The Labute approximate surface area is 118 Å². The zero-order chi connectivity index (χ0) is 13.0. The van der Waals surface area contributed by atoms with Gasteiger partial charge in [0.25, 0.3) is 0 Å². The summed E-state index contributed by atoms with van der Waals surface area (Å²) >= 11 is 3.53. The summed E-state index contributed by atoms with van der Waals surface area (Å²) in [6.45, 7) is 3.51. The van der Waals surface area contributed by atoms with Gasteiger partial charge in [0.15, 0.2) is 0 Å². The van der Waals surface area contributed by atoms with Gasteiger partial charge in [-0.15, -0.1) is 0 Å². The highest BCUT2D eigenvalue weighted by Gasteiger charge is 2.29. The van der Waals surface area contributed by atoms with Crippen LogP contribution < -0.4 is 5.32 Å². The number of halogens is 1. The van der Waals surface area contributed by atoms with Gasteiger partial charge in [-0.25, -0.2) is 0 Å². The number of benzene rings is 1. The lowest BCUT2D eigenvalue weighted by molar-refractivity contribution is 0.240. The van der Waals surface area contributed by atoms with Gasteiger partial charge in [-0.2, -0.15) is 0 Å². The summed E-state index contributed by atoms with van der Waals surface area (Å²) in [5.74, 6) is 1.29. The van der Waals surface area contributed by atoms with E-state index in [0.29, 0.717) is 24.5 Å². The lowest BCUT2D eigenvalue weighted by Crippen LogP contribution is -2.42. The van der Waals surface area contributed by atoms with Gasteiger partial charge in [-0.3, -0.25) is 0 Å². The van der Waals surface area contributed by atoms with Crippen molar-refractivity contribution in [1.82, 2.24) is 5.32 Å². The summed E-state index contributed by atoms with van der Waals surface area (Å²) < 4.78 is 1.17. The molecule has 1 fully saturated rings. The molecule has 18 heavy (non-hydrogen) atoms. The van der Waals surface area contributed by atoms with Gasteiger partial charge in [0.05, 0.1) is 0 Å². The minimum atomic E-state index is 0.300. The molecule has 0 saturated heterocycles. The molecular weight excluding hydrogens is 290 g/mol. The van der Waals surface area contributed by atoms with Gasteiger partial charge >= 0.3 is 0 Å². The van der Waals surface area contributed by atoms with Gasteiger partial charge in [-0.05, 0) is 55.3 Å². The van der Waals surface area contributed by atoms with E-state index in [1.807, 2.05) is 0 Å². The van der Waals surface area contributed by atoms with Crippen molar-refractivity contribution in [2.45, 2.75) is 38.1 Å². The van der Waals surface area contributed by atoms with Crippen molar-refractivity contribution in [2.24, 2.45) is 5.92 Å². The summed E-state index contributed by atoms with van der Waals surface area (Å²) in [6, 6.07) is 9.31. The van der Waals surface area contributed by atoms with E-state index in [0.717, 1.165) is 13.0 Å². The zero-order valence-corrected chi connectivity index (χ0v) is 12.5. The molecule has 1 aliphatic rings. The van der Waals surface area contributed by atoms with Crippen LogP contribution in [-0.4, -0.2) is 24.3 Å². The number of hydrogen-bond acceptors (Lipinski definition) is 2. The minimum absolute atomic E-state index is 0.300. The fourth-order valence-corrected chi connectivity index (χ4v) is 2.92. The van der Waals surface area contributed by atoms with Crippen LogP contribution in [-0.2, 0) is 0 Å². The monoisotopic (exact) mass is 311 g/mol. The first-order valence-electron chi connectivity index (χ1n) is 6.78. The van der Waals surface area contributed by atoms with Crippen molar-refractivity contribution < 1.29 is 5.11 Å². The van der Waals surface area contributed by atoms with Crippen molar-refractivity contribution in [3.63, 3.8) is 0 Å². The van der Waals surface area contributed by atoms with Crippen LogP contribution in [0.5, 0.6) is 0 Å². The molecule has 2 nitrogen and oxygen atoms in total. The number of aliphatic hydroxyl groups is 1. The highest BCUT2D eigenvalue weighted by molar-refractivity contribution is 9.10. The molecule has 2 N–H and O–H groups in total. The van der Waals surface area contributed by atoms with Crippen molar-refractivity contribution in [2.75, 3.05) is 13.2 Å². The number of nitrogens with one attached hydrogen (secondary N) is 1. The predicted octanol–water partition coefficient (Wildman–Crippen LogP) is 3.30. The van der Waals surface area contributed by atoms with Crippen LogP contribution in [0.4, 0.5) is 0 Å². The third kappa shape index (κ3) is 3.81. The van der Waals surface area contributed by atoms with Crippen LogP contribution in [0.15, 0.2) is 28.7 Å². The topological polar surface area (TPSA) is 32.3 Å². The van der Waals surface area contributed by atoms with Crippen LogP contribution in [0.1, 0.15) is 37.7 Å². The first-order chi connectivity index (χ1) is 8.69. The van der Waals surface area contributed by atoms with Gasteiger partial charge in [0.1, 0.15) is 0 Å². The van der Waals surface area contributed by atoms with E-state index in [1.165, 1.54) is 22.9 Å². The van der Waals surface area contributed by atoms with E-state index >= 15 is 0 Å². The second-order valence-corrected chi connectivity index (χ2v) is 6.36. The SMILES string of the molecule is CC(CCO)CNC1CC(c2cccc(Br)c2)C1.